The molecule has 2 unspecified atom stereocenters. The number of ether oxygens (including phenoxy) is 2. The van der Waals surface area contributed by atoms with Crippen LogP contribution in [-0.4, -0.2) is 51.4 Å². The molecule has 1 N–H and O–H groups in total. The highest BCUT2D eigenvalue weighted by Gasteiger charge is 2.23. The average Bonchev–Trinajstić information content (AvgIpc) is 2.53. The number of hydrogen-bond acceptors (Lipinski definition) is 4. The Hall–Kier alpha value is -1.10. The second-order valence-electron chi connectivity index (χ2n) is 5.17. The lowest BCUT2D eigenvalue weighted by atomic mass is 9.99. The highest BCUT2D eigenvalue weighted by atomic mass is 16.5. The van der Waals surface area contributed by atoms with E-state index in [-0.39, 0.29) is 0 Å². The first kappa shape index (κ1) is 18.0. The van der Waals surface area contributed by atoms with Crippen molar-refractivity contribution in [2.45, 2.75) is 32.9 Å². The van der Waals surface area contributed by atoms with Crippen molar-refractivity contribution in [2.24, 2.45) is 0 Å². The summed E-state index contributed by atoms with van der Waals surface area (Å²) in [6.45, 7) is 10.3. The van der Waals surface area contributed by atoms with Crippen LogP contribution in [0.2, 0.25) is 0 Å². The lowest BCUT2D eigenvalue weighted by molar-refractivity contribution is 0.113. The number of hydrogen-bond donors (Lipinski definition) is 1. The fourth-order valence-electron chi connectivity index (χ4n) is 2.67. The molecule has 0 saturated heterocycles. The zero-order valence-electron chi connectivity index (χ0n) is 14.1. The summed E-state index contributed by atoms with van der Waals surface area (Å²) >= 11 is 0. The van der Waals surface area contributed by atoms with Crippen molar-refractivity contribution in [2.75, 3.05) is 40.5 Å². The van der Waals surface area contributed by atoms with Gasteiger partial charge in [-0.25, -0.2) is 0 Å². The monoisotopic (exact) mass is 294 g/mol. The minimum Gasteiger partial charge on any atom is -0.497 e. The lowest BCUT2D eigenvalue weighted by Gasteiger charge is -2.34. The van der Waals surface area contributed by atoms with Gasteiger partial charge in [-0.3, -0.25) is 4.90 Å². The molecular formula is C17H30N2O2. The van der Waals surface area contributed by atoms with Crippen LogP contribution in [0.15, 0.2) is 24.3 Å². The van der Waals surface area contributed by atoms with Gasteiger partial charge in [-0.2, -0.15) is 0 Å². The first-order valence-corrected chi connectivity index (χ1v) is 7.78. The maximum atomic E-state index is 5.24. The molecule has 0 bridgehead atoms. The summed E-state index contributed by atoms with van der Waals surface area (Å²) in [5, 5.41) is 3.60. The Balaban J connectivity index is 2.86. The van der Waals surface area contributed by atoms with Gasteiger partial charge in [-0.05, 0) is 37.7 Å². The van der Waals surface area contributed by atoms with Crippen molar-refractivity contribution in [3.8, 4) is 5.75 Å². The zero-order valence-corrected chi connectivity index (χ0v) is 14.1. The van der Waals surface area contributed by atoms with Crippen LogP contribution in [0.3, 0.4) is 0 Å². The van der Waals surface area contributed by atoms with E-state index in [9.17, 15) is 0 Å². The minimum atomic E-state index is 0.303. The molecular weight excluding hydrogens is 264 g/mol. The molecule has 0 aliphatic rings. The number of rotatable bonds is 10. The predicted molar refractivity (Wildman–Crippen MR) is 88.0 cm³/mol. The molecule has 0 radical (unpaired) electrons. The molecule has 0 aromatic heterocycles. The fraction of sp³-hybridized carbons (Fsp3) is 0.647. The average molecular weight is 294 g/mol. The molecule has 0 amide bonds. The van der Waals surface area contributed by atoms with Crippen LogP contribution in [0, 0.1) is 0 Å². The van der Waals surface area contributed by atoms with Crippen LogP contribution in [-0.2, 0) is 4.74 Å². The van der Waals surface area contributed by atoms with E-state index in [0.717, 1.165) is 32.0 Å². The first-order chi connectivity index (χ1) is 10.2. The van der Waals surface area contributed by atoms with E-state index in [1.807, 2.05) is 12.1 Å². The van der Waals surface area contributed by atoms with Crippen molar-refractivity contribution in [1.82, 2.24) is 10.2 Å². The smallest absolute Gasteiger partial charge is 0.118 e. The van der Waals surface area contributed by atoms with E-state index in [1.165, 1.54) is 5.56 Å². The topological polar surface area (TPSA) is 33.7 Å². The summed E-state index contributed by atoms with van der Waals surface area (Å²) in [4.78, 5) is 2.45. The third kappa shape index (κ3) is 5.30. The van der Waals surface area contributed by atoms with Crippen molar-refractivity contribution in [1.29, 1.82) is 0 Å². The maximum Gasteiger partial charge on any atom is 0.118 e. The van der Waals surface area contributed by atoms with Gasteiger partial charge < -0.3 is 14.8 Å². The van der Waals surface area contributed by atoms with Gasteiger partial charge in [0.05, 0.1) is 13.7 Å². The predicted octanol–water partition coefficient (Wildman–Crippen LogP) is 2.70. The summed E-state index contributed by atoms with van der Waals surface area (Å²) in [5.74, 6) is 0.897. The van der Waals surface area contributed by atoms with Crippen LogP contribution in [0.5, 0.6) is 5.75 Å². The van der Waals surface area contributed by atoms with E-state index in [0.29, 0.717) is 12.1 Å². The van der Waals surface area contributed by atoms with Crippen LogP contribution < -0.4 is 10.1 Å². The Morgan fingerprint density at radius 1 is 1.14 bits per heavy atom. The van der Waals surface area contributed by atoms with Gasteiger partial charge in [-0.15, -0.1) is 0 Å². The van der Waals surface area contributed by atoms with E-state index in [2.05, 4.69) is 43.1 Å². The molecule has 120 valence electrons. The van der Waals surface area contributed by atoms with Crippen LogP contribution >= 0.6 is 0 Å². The Kier molecular flexibility index (Phi) is 8.35. The van der Waals surface area contributed by atoms with E-state index in [1.54, 1.807) is 14.2 Å². The second kappa shape index (κ2) is 9.77. The molecule has 0 saturated carbocycles. The molecule has 0 aliphatic carbocycles. The van der Waals surface area contributed by atoms with Crippen molar-refractivity contribution >= 4 is 0 Å². The standard InChI is InChI=1S/C17H30N2O2/c1-6-18-17(14(3)19(7-2)12-13-20-4)15-8-10-16(21-5)11-9-15/h8-11,14,17-18H,6-7,12-13H2,1-5H3. The summed E-state index contributed by atoms with van der Waals surface area (Å²) in [7, 11) is 3.45. The number of likely N-dealkylation sites (N-methyl/N-ethyl adjacent to an activating group) is 2. The zero-order chi connectivity index (χ0) is 15.7. The van der Waals surface area contributed by atoms with Crippen molar-refractivity contribution < 1.29 is 9.47 Å². The summed E-state index contributed by atoms with van der Waals surface area (Å²) in [6.07, 6.45) is 0. The molecule has 4 heteroatoms. The maximum absolute atomic E-state index is 5.24. The van der Waals surface area contributed by atoms with E-state index >= 15 is 0 Å². The molecule has 0 fully saturated rings. The Morgan fingerprint density at radius 3 is 2.29 bits per heavy atom. The highest BCUT2D eigenvalue weighted by molar-refractivity contribution is 5.29. The van der Waals surface area contributed by atoms with Crippen molar-refractivity contribution in [3.63, 3.8) is 0 Å². The molecule has 1 aromatic rings. The number of methoxy groups -OCH3 is 2. The normalized spacial score (nSPS) is 14.2. The molecule has 4 nitrogen and oxygen atoms in total. The van der Waals surface area contributed by atoms with Crippen LogP contribution in [0.25, 0.3) is 0 Å². The Labute approximate surface area is 129 Å². The highest BCUT2D eigenvalue weighted by Crippen LogP contribution is 2.23. The third-order valence-corrected chi connectivity index (χ3v) is 3.95. The van der Waals surface area contributed by atoms with Gasteiger partial charge in [-0.1, -0.05) is 26.0 Å². The van der Waals surface area contributed by atoms with Crippen LogP contribution in [0.1, 0.15) is 32.4 Å². The second-order valence-corrected chi connectivity index (χ2v) is 5.17. The van der Waals surface area contributed by atoms with Gasteiger partial charge in [0, 0.05) is 25.7 Å². The van der Waals surface area contributed by atoms with E-state index in [4.69, 9.17) is 9.47 Å². The van der Waals surface area contributed by atoms with Gasteiger partial charge in [0.1, 0.15) is 5.75 Å². The Morgan fingerprint density at radius 2 is 1.81 bits per heavy atom. The number of nitrogens with zero attached hydrogens (tertiary/aromatic N) is 1. The number of nitrogens with one attached hydrogen (secondary N) is 1. The van der Waals surface area contributed by atoms with Gasteiger partial charge in [0.2, 0.25) is 0 Å². The first-order valence-electron chi connectivity index (χ1n) is 7.78. The molecule has 0 heterocycles. The lowest BCUT2D eigenvalue weighted by Crippen LogP contribution is -2.44. The SMILES string of the molecule is CCNC(c1ccc(OC)cc1)C(C)N(CC)CCOC. The minimum absolute atomic E-state index is 0.303. The third-order valence-electron chi connectivity index (χ3n) is 3.95. The summed E-state index contributed by atoms with van der Waals surface area (Å²) in [5.41, 5.74) is 1.29. The number of benzene rings is 1. The quantitative estimate of drug-likeness (QED) is 0.719. The molecule has 0 aliphatic heterocycles. The fourth-order valence-corrected chi connectivity index (χ4v) is 2.67. The molecule has 1 aromatic carbocycles. The molecule has 0 spiro atoms. The summed E-state index contributed by atoms with van der Waals surface area (Å²) < 4.78 is 10.5. The largest absolute Gasteiger partial charge is 0.497 e. The van der Waals surface area contributed by atoms with Crippen molar-refractivity contribution in [3.05, 3.63) is 29.8 Å². The molecule has 21 heavy (non-hydrogen) atoms. The van der Waals surface area contributed by atoms with Crippen LogP contribution in [0.4, 0.5) is 0 Å². The van der Waals surface area contributed by atoms with Gasteiger partial charge in [0.15, 0.2) is 0 Å². The van der Waals surface area contributed by atoms with Gasteiger partial charge in [0.25, 0.3) is 0 Å². The van der Waals surface area contributed by atoms with Gasteiger partial charge >= 0.3 is 0 Å². The molecule has 1 rings (SSSR count). The molecule has 2 atom stereocenters. The van der Waals surface area contributed by atoms with E-state index < -0.39 is 0 Å². The summed E-state index contributed by atoms with van der Waals surface area (Å²) in [6, 6.07) is 9.05. The Bertz CT molecular complexity index is 381.